The van der Waals surface area contributed by atoms with Crippen molar-refractivity contribution in [3.8, 4) is 5.75 Å². The topological polar surface area (TPSA) is 49.7 Å². The third-order valence-electron chi connectivity index (χ3n) is 3.70. The summed E-state index contributed by atoms with van der Waals surface area (Å²) in [4.78, 5) is 0. The minimum Gasteiger partial charge on any atom is -0.489 e. The van der Waals surface area contributed by atoms with E-state index in [0.29, 0.717) is 17.8 Å². The fourth-order valence-electron chi connectivity index (χ4n) is 2.51. The van der Waals surface area contributed by atoms with Crippen molar-refractivity contribution in [1.29, 1.82) is 0 Å². The number of rotatable bonds is 4. The summed E-state index contributed by atoms with van der Waals surface area (Å²) in [6.07, 6.45) is 0. The Morgan fingerprint density at radius 1 is 0.909 bits per heavy atom. The van der Waals surface area contributed by atoms with E-state index in [-0.39, 0.29) is 0 Å². The molecule has 0 aliphatic heterocycles. The smallest absolute Gasteiger partial charge is 0.489 e. The van der Waals surface area contributed by atoms with Crippen LogP contribution in [0, 0.1) is 6.92 Å². The maximum absolute atomic E-state index is 9.71. The van der Waals surface area contributed by atoms with Gasteiger partial charge in [0.05, 0.1) is 0 Å². The van der Waals surface area contributed by atoms with Gasteiger partial charge in [-0.25, -0.2) is 0 Å². The van der Waals surface area contributed by atoms with Crippen LogP contribution in [-0.4, -0.2) is 17.2 Å². The predicted octanol–water partition coefficient (Wildman–Crippen LogP) is 2.41. The fourth-order valence-corrected chi connectivity index (χ4v) is 2.51. The molecule has 3 nitrogen and oxygen atoms in total. The van der Waals surface area contributed by atoms with Crippen molar-refractivity contribution in [1.82, 2.24) is 0 Å². The lowest BCUT2D eigenvalue weighted by Crippen LogP contribution is -2.32. The van der Waals surface area contributed by atoms with Crippen molar-refractivity contribution in [2.24, 2.45) is 0 Å². The Morgan fingerprint density at radius 3 is 2.36 bits per heavy atom. The number of hydrogen-bond acceptors (Lipinski definition) is 3. The van der Waals surface area contributed by atoms with Gasteiger partial charge in [-0.1, -0.05) is 60.2 Å². The first-order chi connectivity index (χ1) is 10.6. The van der Waals surface area contributed by atoms with Crippen LogP contribution < -0.4 is 10.2 Å². The highest BCUT2D eigenvalue weighted by Gasteiger charge is 2.20. The molecule has 3 rings (SSSR count). The van der Waals surface area contributed by atoms with Crippen molar-refractivity contribution in [3.05, 3.63) is 71.8 Å². The summed E-state index contributed by atoms with van der Waals surface area (Å²) in [7, 11) is -1.57. The Balaban J connectivity index is 1.92. The second-order valence-corrected chi connectivity index (χ2v) is 5.35. The zero-order valence-corrected chi connectivity index (χ0v) is 12.4. The molecule has 0 saturated carbocycles. The van der Waals surface area contributed by atoms with E-state index in [1.54, 1.807) is 6.07 Å². The Labute approximate surface area is 129 Å². The van der Waals surface area contributed by atoms with E-state index in [9.17, 15) is 10.0 Å². The number of benzene rings is 3. The van der Waals surface area contributed by atoms with Crippen molar-refractivity contribution >= 4 is 23.4 Å². The van der Waals surface area contributed by atoms with Gasteiger partial charge in [-0.3, -0.25) is 0 Å². The third-order valence-corrected chi connectivity index (χ3v) is 3.70. The minimum absolute atomic E-state index is 0.387. The van der Waals surface area contributed by atoms with E-state index in [1.165, 1.54) is 5.56 Å². The first-order valence-electron chi connectivity index (χ1n) is 7.21. The lowest BCUT2D eigenvalue weighted by molar-refractivity contribution is 0.307. The van der Waals surface area contributed by atoms with E-state index in [0.717, 1.165) is 16.3 Å². The van der Waals surface area contributed by atoms with Gasteiger partial charge in [0.25, 0.3) is 0 Å². The molecule has 0 unspecified atom stereocenters. The van der Waals surface area contributed by atoms with Gasteiger partial charge in [0.15, 0.2) is 0 Å². The van der Waals surface area contributed by atoms with Crippen LogP contribution in [-0.2, 0) is 6.61 Å². The second-order valence-electron chi connectivity index (χ2n) is 5.35. The molecule has 0 spiro atoms. The van der Waals surface area contributed by atoms with E-state index < -0.39 is 7.12 Å². The molecule has 0 aliphatic carbocycles. The largest absolute Gasteiger partial charge is 0.492 e. The number of aryl methyl sites for hydroxylation is 1. The highest BCUT2D eigenvalue weighted by molar-refractivity contribution is 6.63. The molecular formula is C18H17BO3. The molecule has 110 valence electrons. The molecule has 0 aromatic heterocycles. The monoisotopic (exact) mass is 292 g/mol. The zero-order valence-electron chi connectivity index (χ0n) is 12.4. The molecule has 0 radical (unpaired) electrons. The van der Waals surface area contributed by atoms with E-state index in [2.05, 4.69) is 0 Å². The Morgan fingerprint density at radius 2 is 1.64 bits per heavy atom. The average Bonchev–Trinajstić information content (AvgIpc) is 2.53. The molecule has 22 heavy (non-hydrogen) atoms. The minimum atomic E-state index is -1.57. The summed E-state index contributed by atoms with van der Waals surface area (Å²) in [5.74, 6) is 0.495. The maximum Gasteiger partial charge on any atom is 0.492 e. The zero-order chi connectivity index (χ0) is 15.5. The highest BCUT2D eigenvalue weighted by atomic mass is 16.5. The highest BCUT2D eigenvalue weighted by Crippen LogP contribution is 2.20. The Hall–Kier alpha value is -2.30. The molecular weight excluding hydrogens is 275 g/mol. The van der Waals surface area contributed by atoms with E-state index in [4.69, 9.17) is 4.74 Å². The van der Waals surface area contributed by atoms with E-state index >= 15 is 0 Å². The Bertz CT molecular complexity index is 782. The van der Waals surface area contributed by atoms with Crippen LogP contribution >= 0.6 is 0 Å². The van der Waals surface area contributed by atoms with Crippen LogP contribution in [0.3, 0.4) is 0 Å². The summed E-state index contributed by atoms with van der Waals surface area (Å²) in [6.45, 7) is 2.42. The van der Waals surface area contributed by atoms with Crippen molar-refractivity contribution in [2.75, 3.05) is 0 Å². The molecule has 0 heterocycles. The van der Waals surface area contributed by atoms with Crippen molar-refractivity contribution in [2.45, 2.75) is 13.5 Å². The first-order valence-corrected chi connectivity index (χ1v) is 7.21. The van der Waals surface area contributed by atoms with Gasteiger partial charge in [-0.05, 0) is 29.3 Å². The lowest BCUT2D eigenvalue weighted by atomic mass is 9.76. The van der Waals surface area contributed by atoms with Crippen LogP contribution in [0.2, 0.25) is 0 Å². The van der Waals surface area contributed by atoms with Crippen molar-refractivity contribution < 1.29 is 14.8 Å². The predicted molar refractivity (Wildman–Crippen MR) is 89.3 cm³/mol. The van der Waals surface area contributed by atoms with Gasteiger partial charge in [0.1, 0.15) is 12.4 Å². The SMILES string of the molecule is Cc1ccc(COc2ccc3ccccc3c2B(O)O)cc1. The summed E-state index contributed by atoms with van der Waals surface area (Å²) < 4.78 is 5.81. The van der Waals surface area contributed by atoms with Crippen LogP contribution in [0.4, 0.5) is 0 Å². The molecule has 0 amide bonds. The number of ether oxygens (including phenoxy) is 1. The van der Waals surface area contributed by atoms with Gasteiger partial charge in [-0.15, -0.1) is 0 Å². The lowest BCUT2D eigenvalue weighted by Gasteiger charge is -2.14. The second kappa shape index (κ2) is 6.22. The van der Waals surface area contributed by atoms with Crippen LogP contribution in [0.15, 0.2) is 60.7 Å². The maximum atomic E-state index is 9.71. The van der Waals surface area contributed by atoms with Crippen molar-refractivity contribution in [3.63, 3.8) is 0 Å². The standard InChI is InChI=1S/C18H17BO3/c1-13-6-8-14(9-7-13)12-22-17-11-10-15-4-2-3-5-16(15)18(17)19(20)21/h2-11,20-21H,12H2,1H3. The molecule has 3 aromatic rings. The molecule has 0 bridgehead atoms. The average molecular weight is 292 g/mol. The van der Waals surface area contributed by atoms with Gasteiger partial charge < -0.3 is 14.8 Å². The molecule has 3 aromatic carbocycles. The first kappa shape index (κ1) is 14.6. The molecule has 4 heteroatoms. The van der Waals surface area contributed by atoms with Gasteiger partial charge in [-0.2, -0.15) is 0 Å². The molecule has 0 aliphatic rings. The molecule has 0 atom stereocenters. The normalized spacial score (nSPS) is 10.7. The number of hydrogen-bond donors (Lipinski definition) is 2. The number of fused-ring (bicyclic) bond motifs is 1. The van der Waals surface area contributed by atoms with Gasteiger partial charge >= 0.3 is 7.12 Å². The summed E-state index contributed by atoms with van der Waals surface area (Å²) in [5, 5.41) is 21.2. The molecule has 0 saturated heterocycles. The fraction of sp³-hybridized carbons (Fsp3) is 0.111. The summed E-state index contributed by atoms with van der Waals surface area (Å²) in [5.41, 5.74) is 2.64. The molecule has 2 N–H and O–H groups in total. The van der Waals surface area contributed by atoms with Crippen LogP contribution in [0.5, 0.6) is 5.75 Å². The summed E-state index contributed by atoms with van der Waals surface area (Å²) >= 11 is 0. The van der Waals surface area contributed by atoms with Crippen LogP contribution in [0.1, 0.15) is 11.1 Å². The van der Waals surface area contributed by atoms with Gasteiger partial charge in [0.2, 0.25) is 0 Å². The quantitative estimate of drug-likeness (QED) is 0.726. The van der Waals surface area contributed by atoms with Gasteiger partial charge in [0, 0.05) is 5.46 Å². The Kier molecular flexibility index (Phi) is 4.14. The third kappa shape index (κ3) is 2.98. The summed E-state index contributed by atoms with van der Waals surface area (Å²) in [6, 6.07) is 19.4. The van der Waals surface area contributed by atoms with Crippen LogP contribution in [0.25, 0.3) is 10.8 Å². The van der Waals surface area contributed by atoms with E-state index in [1.807, 2.05) is 61.5 Å². The molecule has 0 fully saturated rings.